The Hall–Kier alpha value is -2.89. The maximum Gasteiger partial charge on any atom is 0.317 e. The lowest BCUT2D eigenvalue weighted by Crippen LogP contribution is -2.53. The van der Waals surface area contributed by atoms with Crippen LogP contribution >= 0.6 is 0 Å². The van der Waals surface area contributed by atoms with Gasteiger partial charge in [0.25, 0.3) is 5.91 Å². The van der Waals surface area contributed by atoms with Crippen molar-refractivity contribution in [3.8, 4) is 0 Å². The van der Waals surface area contributed by atoms with Gasteiger partial charge in [0.15, 0.2) is 5.67 Å². The topological polar surface area (TPSA) is 61.4 Å². The number of rotatable bonds is 5. The average Bonchev–Trinajstić information content (AvgIpc) is 2.72. The molecule has 3 rings (SSSR count). The molecule has 1 saturated heterocycles. The van der Waals surface area contributed by atoms with E-state index in [4.69, 9.17) is 0 Å². The molecule has 1 aliphatic heterocycles. The van der Waals surface area contributed by atoms with Gasteiger partial charge in [-0.1, -0.05) is 60.7 Å². The summed E-state index contributed by atoms with van der Waals surface area (Å²) in [5.41, 5.74) is 0.000472. The van der Waals surface area contributed by atoms with Gasteiger partial charge < -0.3 is 15.5 Å². The van der Waals surface area contributed by atoms with Crippen molar-refractivity contribution in [3.63, 3.8) is 0 Å². The van der Waals surface area contributed by atoms with E-state index in [0.29, 0.717) is 13.1 Å². The normalized spacial score (nSPS) is 15.8. The molecule has 0 aromatic heterocycles. The van der Waals surface area contributed by atoms with Crippen LogP contribution in [0.25, 0.3) is 0 Å². The first kappa shape index (κ1) is 18.9. The largest absolute Gasteiger partial charge is 0.349 e. The summed E-state index contributed by atoms with van der Waals surface area (Å²) in [6, 6.07) is 18.8. The number of amides is 3. The van der Waals surface area contributed by atoms with E-state index in [1.165, 1.54) is 0 Å². The molecule has 6 heteroatoms. The molecule has 2 aromatic rings. The maximum absolute atomic E-state index is 15.0. The molecule has 1 fully saturated rings. The molecule has 0 radical (unpaired) electrons. The number of urea groups is 1. The fourth-order valence-corrected chi connectivity index (χ4v) is 3.11. The van der Waals surface area contributed by atoms with Gasteiger partial charge in [-0.05, 0) is 11.1 Å². The molecule has 0 bridgehead atoms. The SMILES string of the molecule is O=C(NCc1ccccc1)N1CCC(F)(C(=O)NCc2ccccc2)CC1. The summed E-state index contributed by atoms with van der Waals surface area (Å²) in [5, 5.41) is 5.50. The molecule has 5 nitrogen and oxygen atoms in total. The minimum atomic E-state index is -1.93. The molecule has 1 aliphatic rings. The average molecular weight is 369 g/mol. The highest BCUT2D eigenvalue weighted by Crippen LogP contribution is 2.27. The number of hydrogen-bond donors (Lipinski definition) is 2. The zero-order valence-corrected chi connectivity index (χ0v) is 15.2. The Labute approximate surface area is 158 Å². The fraction of sp³-hybridized carbons (Fsp3) is 0.333. The van der Waals surface area contributed by atoms with Gasteiger partial charge in [-0.15, -0.1) is 0 Å². The number of piperidine rings is 1. The summed E-state index contributed by atoms with van der Waals surface area (Å²) in [6.07, 6.45) is 0.0127. The summed E-state index contributed by atoms with van der Waals surface area (Å²) in [6.45, 7) is 1.16. The molecule has 142 valence electrons. The second kappa shape index (κ2) is 8.66. The molecule has 0 atom stereocenters. The molecule has 0 unspecified atom stereocenters. The van der Waals surface area contributed by atoms with Crippen molar-refractivity contribution in [2.24, 2.45) is 0 Å². The van der Waals surface area contributed by atoms with E-state index in [9.17, 15) is 14.0 Å². The minimum Gasteiger partial charge on any atom is -0.349 e. The van der Waals surface area contributed by atoms with Crippen LogP contribution in [0.5, 0.6) is 0 Å². The number of nitrogens with one attached hydrogen (secondary N) is 2. The smallest absolute Gasteiger partial charge is 0.317 e. The van der Waals surface area contributed by atoms with Crippen LogP contribution in [0.15, 0.2) is 60.7 Å². The number of benzene rings is 2. The Morgan fingerprint density at radius 3 is 1.85 bits per heavy atom. The van der Waals surface area contributed by atoms with Gasteiger partial charge in [0.2, 0.25) is 0 Å². The summed E-state index contributed by atoms with van der Waals surface area (Å²) in [5.74, 6) is -0.601. The Bertz CT molecular complexity index is 760. The van der Waals surface area contributed by atoms with E-state index < -0.39 is 11.6 Å². The number of carbonyl (C=O) groups excluding carboxylic acids is 2. The fourth-order valence-electron chi connectivity index (χ4n) is 3.11. The summed E-state index contributed by atoms with van der Waals surface area (Å²) < 4.78 is 15.0. The predicted octanol–water partition coefficient (Wildman–Crippen LogP) is 3.02. The summed E-state index contributed by atoms with van der Waals surface area (Å²) >= 11 is 0. The van der Waals surface area contributed by atoms with Gasteiger partial charge >= 0.3 is 6.03 Å². The van der Waals surface area contributed by atoms with Crippen molar-refractivity contribution in [3.05, 3.63) is 71.8 Å². The number of likely N-dealkylation sites (tertiary alicyclic amines) is 1. The maximum atomic E-state index is 15.0. The molecule has 3 amide bonds. The molecule has 2 N–H and O–H groups in total. The highest BCUT2D eigenvalue weighted by Gasteiger charge is 2.42. The standard InChI is InChI=1S/C21H24FN3O2/c22-21(19(26)23-15-17-7-3-1-4-8-17)11-13-25(14-12-21)20(27)24-16-18-9-5-2-6-10-18/h1-10H,11-16H2,(H,23,26)(H,24,27). The lowest BCUT2D eigenvalue weighted by atomic mass is 9.92. The Morgan fingerprint density at radius 1 is 0.852 bits per heavy atom. The highest BCUT2D eigenvalue weighted by molar-refractivity contribution is 5.85. The molecule has 0 spiro atoms. The first-order valence-electron chi connectivity index (χ1n) is 9.15. The van der Waals surface area contributed by atoms with Gasteiger partial charge in [-0.2, -0.15) is 0 Å². The first-order valence-corrected chi connectivity index (χ1v) is 9.15. The van der Waals surface area contributed by atoms with Gasteiger partial charge in [0.05, 0.1) is 0 Å². The van der Waals surface area contributed by atoms with Crippen molar-refractivity contribution >= 4 is 11.9 Å². The first-order chi connectivity index (χ1) is 13.1. The van der Waals surface area contributed by atoms with Gasteiger partial charge in [-0.25, -0.2) is 9.18 Å². The Balaban J connectivity index is 1.45. The van der Waals surface area contributed by atoms with Crippen LogP contribution in [0.4, 0.5) is 9.18 Å². The van der Waals surface area contributed by atoms with E-state index in [-0.39, 0.29) is 32.0 Å². The minimum absolute atomic E-state index is 0.00633. The number of hydrogen-bond acceptors (Lipinski definition) is 2. The zero-order chi connectivity index (χ0) is 19.1. The molecule has 0 saturated carbocycles. The van der Waals surface area contributed by atoms with Gasteiger partial charge in [0, 0.05) is 39.0 Å². The van der Waals surface area contributed by atoms with Crippen molar-refractivity contribution in [1.82, 2.24) is 15.5 Å². The van der Waals surface area contributed by atoms with Crippen molar-refractivity contribution < 1.29 is 14.0 Å². The quantitative estimate of drug-likeness (QED) is 0.851. The van der Waals surface area contributed by atoms with Crippen LogP contribution in [-0.4, -0.2) is 35.6 Å². The van der Waals surface area contributed by atoms with Crippen molar-refractivity contribution in [1.29, 1.82) is 0 Å². The third-order valence-electron chi connectivity index (χ3n) is 4.83. The number of alkyl halides is 1. The lowest BCUT2D eigenvalue weighted by molar-refractivity contribution is -0.135. The van der Waals surface area contributed by atoms with E-state index in [1.54, 1.807) is 4.90 Å². The number of carbonyl (C=O) groups is 2. The van der Waals surface area contributed by atoms with Crippen molar-refractivity contribution in [2.75, 3.05) is 13.1 Å². The molecule has 1 heterocycles. The number of nitrogens with zero attached hydrogens (tertiary/aromatic N) is 1. The number of halogens is 1. The van der Waals surface area contributed by atoms with E-state index in [1.807, 2.05) is 60.7 Å². The van der Waals surface area contributed by atoms with Crippen LogP contribution in [0.3, 0.4) is 0 Å². The third-order valence-corrected chi connectivity index (χ3v) is 4.83. The monoisotopic (exact) mass is 369 g/mol. The van der Waals surface area contributed by atoms with Crippen LogP contribution in [0.1, 0.15) is 24.0 Å². The third kappa shape index (κ3) is 5.06. The van der Waals surface area contributed by atoms with Crippen LogP contribution in [0.2, 0.25) is 0 Å². The van der Waals surface area contributed by atoms with Crippen LogP contribution < -0.4 is 10.6 Å². The lowest BCUT2D eigenvalue weighted by Gasteiger charge is -2.35. The van der Waals surface area contributed by atoms with Crippen LogP contribution in [0, 0.1) is 0 Å². The zero-order valence-electron chi connectivity index (χ0n) is 15.2. The molecular weight excluding hydrogens is 345 g/mol. The second-order valence-electron chi connectivity index (χ2n) is 6.76. The van der Waals surface area contributed by atoms with Gasteiger partial charge in [-0.3, -0.25) is 4.79 Å². The highest BCUT2D eigenvalue weighted by atomic mass is 19.1. The molecule has 27 heavy (non-hydrogen) atoms. The van der Waals surface area contributed by atoms with E-state index in [0.717, 1.165) is 11.1 Å². The van der Waals surface area contributed by atoms with Gasteiger partial charge in [0.1, 0.15) is 0 Å². The molecule has 0 aliphatic carbocycles. The molecular formula is C21H24FN3O2. The predicted molar refractivity (Wildman–Crippen MR) is 102 cm³/mol. The van der Waals surface area contributed by atoms with E-state index in [2.05, 4.69) is 10.6 Å². The Kier molecular flexibility index (Phi) is 6.06. The summed E-state index contributed by atoms with van der Waals surface area (Å²) in [7, 11) is 0. The Morgan fingerprint density at radius 2 is 1.33 bits per heavy atom. The van der Waals surface area contributed by atoms with Crippen LogP contribution in [-0.2, 0) is 17.9 Å². The van der Waals surface area contributed by atoms with Crippen molar-refractivity contribution in [2.45, 2.75) is 31.6 Å². The van der Waals surface area contributed by atoms with E-state index >= 15 is 0 Å². The second-order valence-corrected chi connectivity index (χ2v) is 6.76. The summed E-state index contributed by atoms with van der Waals surface area (Å²) in [4.78, 5) is 26.1. The molecule has 2 aromatic carbocycles.